The van der Waals surface area contributed by atoms with E-state index in [1.54, 1.807) is 0 Å². The highest BCUT2D eigenvalue weighted by Gasteiger charge is 2.42. The molecule has 0 unspecified atom stereocenters. The molecule has 2 saturated heterocycles. The fourth-order valence-corrected chi connectivity index (χ4v) is 3.32. The second-order valence-electron chi connectivity index (χ2n) is 6.21. The Kier molecular flexibility index (Phi) is 6.62. The first-order chi connectivity index (χ1) is 9.29. The standard InChI is InChI=1S/C16H30O3/c1-2-3-4-5-6-7-8-9-10-14-11-13-12-15(17)19-16(13)18-14/h13-17H,2-12H2,1H3/t13-,14+,15+,16+/m0/s1. The molecule has 0 radical (unpaired) electrons. The van der Waals surface area contributed by atoms with Crippen molar-refractivity contribution < 1.29 is 14.6 Å². The fraction of sp³-hybridized carbons (Fsp3) is 1.00. The lowest BCUT2D eigenvalue weighted by Gasteiger charge is -2.13. The number of ether oxygens (including phenoxy) is 2. The van der Waals surface area contributed by atoms with E-state index in [-0.39, 0.29) is 6.29 Å². The Morgan fingerprint density at radius 3 is 2.26 bits per heavy atom. The zero-order chi connectivity index (χ0) is 13.5. The summed E-state index contributed by atoms with van der Waals surface area (Å²) >= 11 is 0. The Balaban J connectivity index is 1.43. The van der Waals surface area contributed by atoms with Crippen molar-refractivity contribution in [2.24, 2.45) is 5.92 Å². The van der Waals surface area contributed by atoms with E-state index in [0.717, 1.165) is 12.8 Å². The maximum absolute atomic E-state index is 9.35. The molecule has 0 aromatic heterocycles. The second kappa shape index (κ2) is 8.23. The molecule has 2 aliphatic heterocycles. The summed E-state index contributed by atoms with van der Waals surface area (Å²) in [6.45, 7) is 2.26. The predicted octanol–water partition coefficient (Wildman–Crippen LogP) is 3.99. The lowest BCUT2D eigenvalue weighted by atomic mass is 9.99. The molecular weight excluding hydrogens is 240 g/mol. The van der Waals surface area contributed by atoms with Crippen LogP contribution in [0.25, 0.3) is 0 Å². The van der Waals surface area contributed by atoms with Crippen LogP contribution in [0.15, 0.2) is 0 Å². The van der Waals surface area contributed by atoms with Gasteiger partial charge in [-0.1, -0.05) is 58.3 Å². The largest absolute Gasteiger partial charge is 0.368 e. The minimum Gasteiger partial charge on any atom is -0.368 e. The van der Waals surface area contributed by atoms with E-state index in [4.69, 9.17) is 9.47 Å². The van der Waals surface area contributed by atoms with E-state index in [9.17, 15) is 5.11 Å². The molecule has 19 heavy (non-hydrogen) atoms. The summed E-state index contributed by atoms with van der Waals surface area (Å²) < 4.78 is 11.2. The molecule has 4 atom stereocenters. The van der Waals surface area contributed by atoms with Crippen molar-refractivity contribution in [3.8, 4) is 0 Å². The second-order valence-corrected chi connectivity index (χ2v) is 6.21. The van der Waals surface area contributed by atoms with Crippen molar-refractivity contribution >= 4 is 0 Å². The van der Waals surface area contributed by atoms with Gasteiger partial charge in [0.25, 0.3) is 0 Å². The third-order valence-electron chi connectivity index (χ3n) is 4.45. The SMILES string of the molecule is CCCCCCCCCC[C@@H]1C[C@H]2C[C@H](O)O[C@H]2O1. The minimum absolute atomic E-state index is 0.117. The molecule has 0 bridgehead atoms. The molecule has 0 aliphatic carbocycles. The van der Waals surface area contributed by atoms with Crippen LogP contribution in [-0.4, -0.2) is 23.8 Å². The number of rotatable bonds is 9. The van der Waals surface area contributed by atoms with Gasteiger partial charge in [0.1, 0.15) is 0 Å². The molecule has 3 nitrogen and oxygen atoms in total. The van der Waals surface area contributed by atoms with Crippen molar-refractivity contribution in [1.82, 2.24) is 0 Å². The molecule has 2 fully saturated rings. The normalized spacial score (nSPS) is 33.8. The molecule has 0 saturated carbocycles. The van der Waals surface area contributed by atoms with Gasteiger partial charge in [-0.15, -0.1) is 0 Å². The smallest absolute Gasteiger partial charge is 0.164 e. The van der Waals surface area contributed by atoms with Gasteiger partial charge in [0, 0.05) is 12.3 Å². The van der Waals surface area contributed by atoms with Gasteiger partial charge in [-0.25, -0.2) is 0 Å². The van der Waals surface area contributed by atoms with Gasteiger partial charge in [0.2, 0.25) is 0 Å². The monoisotopic (exact) mass is 270 g/mol. The zero-order valence-corrected chi connectivity index (χ0v) is 12.4. The highest BCUT2D eigenvalue weighted by Crippen LogP contribution is 2.38. The number of aliphatic hydroxyl groups is 1. The van der Waals surface area contributed by atoms with Crippen molar-refractivity contribution in [1.29, 1.82) is 0 Å². The van der Waals surface area contributed by atoms with Gasteiger partial charge in [0.05, 0.1) is 6.10 Å². The van der Waals surface area contributed by atoms with E-state index in [0.29, 0.717) is 12.0 Å². The van der Waals surface area contributed by atoms with Crippen LogP contribution in [0.5, 0.6) is 0 Å². The zero-order valence-electron chi connectivity index (χ0n) is 12.4. The summed E-state index contributed by atoms with van der Waals surface area (Å²) in [4.78, 5) is 0. The van der Waals surface area contributed by atoms with E-state index >= 15 is 0 Å². The molecule has 0 spiro atoms. The molecular formula is C16H30O3. The molecule has 2 rings (SSSR count). The van der Waals surface area contributed by atoms with Crippen molar-refractivity contribution in [3.05, 3.63) is 0 Å². The summed E-state index contributed by atoms with van der Waals surface area (Å²) in [7, 11) is 0. The van der Waals surface area contributed by atoms with Gasteiger partial charge >= 0.3 is 0 Å². The highest BCUT2D eigenvalue weighted by molar-refractivity contribution is 4.82. The van der Waals surface area contributed by atoms with Crippen LogP contribution in [0.2, 0.25) is 0 Å². The molecule has 0 aromatic rings. The first kappa shape index (κ1) is 15.3. The van der Waals surface area contributed by atoms with Crippen LogP contribution >= 0.6 is 0 Å². The first-order valence-electron chi connectivity index (χ1n) is 8.28. The predicted molar refractivity (Wildman–Crippen MR) is 75.7 cm³/mol. The lowest BCUT2D eigenvalue weighted by Crippen LogP contribution is -2.16. The molecule has 0 amide bonds. The third kappa shape index (κ3) is 5.05. The van der Waals surface area contributed by atoms with Crippen LogP contribution < -0.4 is 0 Å². The Hall–Kier alpha value is -0.120. The minimum atomic E-state index is -0.584. The summed E-state index contributed by atoms with van der Waals surface area (Å²) in [5.41, 5.74) is 0. The Morgan fingerprint density at radius 1 is 0.895 bits per heavy atom. The lowest BCUT2D eigenvalue weighted by molar-refractivity contribution is -0.190. The van der Waals surface area contributed by atoms with E-state index < -0.39 is 6.29 Å². The maximum atomic E-state index is 9.35. The van der Waals surface area contributed by atoms with Crippen molar-refractivity contribution in [2.75, 3.05) is 0 Å². The van der Waals surface area contributed by atoms with Gasteiger partial charge in [0.15, 0.2) is 12.6 Å². The van der Waals surface area contributed by atoms with Crippen LogP contribution in [0, 0.1) is 5.92 Å². The van der Waals surface area contributed by atoms with Crippen LogP contribution in [0.3, 0.4) is 0 Å². The Bertz CT molecular complexity index is 230. The van der Waals surface area contributed by atoms with Gasteiger partial charge in [-0.2, -0.15) is 0 Å². The number of fused-ring (bicyclic) bond motifs is 1. The number of hydrogen-bond donors (Lipinski definition) is 1. The van der Waals surface area contributed by atoms with Crippen molar-refractivity contribution in [3.63, 3.8) is 0 Å². The number of aliphatic hydroxyl groups excluding tert-OH is 1. The van der Waals surface area contributed by atoms with E-state index in [1.807, 2.05) is 0 Å². The van der Waals surface area contributed by atoms with Gasteiger partial charge < -0.3 is 14.6 Å². The average Bonchev–Trinajstić information content (AvgIpc) is 2.89. The molecule has 3 heteroatoms. The highest BCUT2D eigenvalue weighted by atomic mass is 16.7. The van der Waals surface area contributed by atoms with E-state index in [1.165, 1.54) is 57.8 Å². The Morgan fingerprint density at radius 2 is 1.58 bits per heavy atom. The first-order valence-corrected chi connectivity index (χ1v) is 8.28. The van der Waals surface area contributed by atoms with Gasteiger partial charge in [-0.3, -0.25) is 0 Å². The number of unbranched alkanes of at least 4 members (excludes halogenated alkanes) is 7. The number of hydrogen-bond acceptors (Lipinski definition) is 3. The molecule has 0 aromatic carbocycles. The van der Waals surface area contributed by atoms with Crippen LogP contribution in [-0.2, 0) is 9.47 Å². The van der Waals surface area contributed by atoms with Crippen LogP contribution in [0.1, 0.15) is 77.6 Å². The van der Waals surface area contributed by atoms with Crippen LogP contribution in [0.4, 0.5) is 0 Å². The summed E-state index contributed by atoms with van der Waals surface area (Å²) in [5, 5.41) is 9.35. The average molecular weight is 270 g/mol. The topological polar surface area (TPSA) is 38.7 Å². The molecule has 1 N–H and O–H groups in total. The molecule has 2 aliphatic rings. The summed E-state index contributed by atoms with van der Waals surface area (Å²) in [6, 6.07) is 0. The van der Waals surface area contributed by atoms with E-state index in [2.05, 4.69) is 6.92 Å². The molecule has 112 valence electrons. The van der Waals surface area contributed by atoms with Gasteiger partial charge in [-0.05, 0) is 12.8 Å². The maximum Gasteiger partial charge on any atom is 0.164 e. The quantitative estimate of drug-likeness (QED) is 0.644. The third-order valence-corrected chi connectivity index (χ3v) is 4.45. The fourth-order valence-electron chi connectivity index (χ4n) is 3.32. The summed E-state index contributed by atoms with van der Waals surface area (Å²) in [5.74, 6) is 0.439. The molecule has 2 heterocycles. The Labute approximate surface area is 117 Å². The summed E-state index contributed by atoms with van der Waals surface area (Å²) in [6.07, 6.45) is 13.6. The van der Waals surface area contributed by atoms with Crippen molar-refractivity contribution in [2.45, 2.75) is 96.2 Å².